The Kier molecular flexibility index (Phi) is 8.55. The number of fused-ring (bicyclic) bond motifs is 1. The Morgan fingerprint density at radius 1 is 0.944 bits per heavy atom. The normalized spacial score (nSPS) is 54.4. The highest BCUT2D eigenvalue weighted by atomic mass is 16.9. The van der Waals surface area contributed by atoms with E-state index in [1.54, 1.807) is 7.05 Å². The van der Waals surface area contributed by atoms with Crippen LogP contribution >= 0.6 is 0 Å². The predicted octanol–water partition coefficient (Wildman–Crippen LogP) is -7.27. The van der Waals surface area contributed by atoms with Gasteiger partial charge in [-0.05, 0) is 13.5 Å². The van der Waals surface area contributed by atoms with Crippen molar-refractivity contribution in [2.75, 3.05) is 20.3 Å². The van der Waals surface area contributed by atoms with Crippen molar-refractivity contribution >= 4 is 0 Å². The summed E-state index contributed by atoms with van der Waals surface area (Å²) in [5, 5.41) is 85.6. The van der Waals surface area contributed by atoms with E-state index in [0.29, 0.717) is 0 Å². The second-order valence-corrected chi connectivity index (χ2v) is 9.72. The molecule has 1 aliphatic carbocycles. The Labute approximate surface area is 206 Å². The zero-order valence-corrected chi connectivity index (χ0v) is 19.6. The van der Waals surface area contributed by atoms with E-state index < -0.39 is 111 Å². The first-order chi connectivity index (χ1) is 17.0. The summed E-state index contributed by atoms with van der Waals surface area (Å²) in [4.78, 5) is 0. The highest BCUT2D eigenvalue weighted by Gasteiger charge is 2.67. The average molecular weight is 528 g/mol. The van der Waals surface area contributed by atoms with Gasteiger partial charge in [0.2, 0.25) is 0 Å². The zero-order chi connectivity index (χ0) is 26.5. The molecule has 3 saturated heterocycles. The molecule has 3 aliphatic heterocycles. The minimum absolute atomic E-state index is 0.254. The van der Waals surface area contributed by atoms with Crippen molar-refractivity contribution in [2.24, 2.45) is 11.5 Å². The molecule has 210 valence electrons. The molecule has 0 aromatic carbocycles. The summed E-state index contributed by atoms with van der Waals surface area (Å²) in [5.74, 6) is -2.48. The largest absolute Gasteiger partial charge is 0.395 e. The number of aliphatic hydroxyl groups excluding tert-OH is 8. The van der Waals surface area contributed by atoms with Gasteiger partial charge in [0.15, 0.2) is 12.4 Å². The molecule has 0 amide bonds. The van der Waals surface area contributed by atoms with Crippen molar-refractivity contribution in [3.05, 3.63) is 0 Å². The van der Waals surface area contributed by atoms with Crippen molar-refractivity contribution in [3.8, 4) is 0 Å². The molecule has 16 atom stereocenters. The van der Waals surface area contributed by atoms with Gasteiger partial charge in [0.1, 0.15) is 48.8 Å². The van der Waals surface area contributed by atoms with Gasteiger partial charge in [-0.3, -0.25) is 0 Å². The van der Waals surface area contributed by atoms with Crippen molar-refractivity contribution in [3.63, 3.8) is 0 Å². The molecule has 3 heterocycles. The molecule has 16 heteroatoms. The summed E-state index contributed by atoms with van der Waals surface area (Å²) < 4.78 is 28.7. The maximum Gasteiger partial charge on any atom is 0.314 e. The molecule has 13 N–H and O–H groups in total. The lowest BCUT2D eigenvalue weighted by molar-refractivity contribution is -0.439. The van der Waals surface area contributed by atoms with Crippen LogP contribution in [-0.4, -0.2) is 159 Å². The zero-order valence-electron chi connectivity index (χ0n) is 19.6. The molecule has 0 radical (unpaired) electrons. The Morgan fingerprint density at radius 3 is 2.22 bits per heavy atom. The average Bonchev–Trinajstić information content (AvgIpc) is 3.27. The second kappa shape index (κ2) is 10.9. The van der Waals surface area contributed by atoms with Crippen LogP contribution in [-0.2, 0) is 23.7 Å². The molecule has 4 aliphatic rings. The molecule has 1 saturated carbocycles. The van der Waals surface area contributed by atoms with E-state index >= 15 is 0 Å². The SMILES string of the molecule is CN[C@H]1C[C@@H](N)[C@H](O)[C@@H](O[C@@H]2O[C@H](CO)[C@H](O)[C@@H]3O[C@@]4(O[C@@H]([C@@H](N)CO)[C@H](O)[C@@H](O)[C@H]4O)O[C@@H]23)[C@@H]1O. The summed E-state index contributed by atoms with van der Waals surface area (Å²) in [6.45, 7) is -1.33. The Hall–Kier alpha value is -0.640. The van der Waals surface area contributed by atoms with Gasteiger partial charge in [0.25, 0.3) is 0 Å². The monoisotopic (exact) mass is 527 g/mol. The summed E-state index contributed by atoms with van der Waals surface area (Å²) in [6.07, 6.45) is -17.7. The fourth-order valence-corrected chi connectivity index (χ4v) is 5.23. The number of hydrogen-bond donors (Lipinski definition) is 11. The number of rotatable bonds is 6. The minimum Gasteiger partial charge on any atom is -0.395 e. The first kappa shape index (κ1) is 28.4. The van der Waals surface area contributed by atoms with Crippen LogP contribution in [0.3, 0.4) is 0 Å². The van der Waals surface area contributed by atoms with Crippen LogP contribution in [0.15, 0.2) is 0 Å². The molecule has 4 rings (SSSR count). The number of likely N-dealkylation sites (N-methyl/N-ethyl adjacent to an activating group) is 1. The van der Waals surface area contributed by atoms with Crippen LogP contribution in [0.2, 0.25) is 0 Å². The maximum absolute atomic E-state index is 10.7. The maximum atomic E-state index is 10.7. The molecule has 1 spiro atoms. The van der Waals surface area contributed by atoms with Crippen LogP contribution in [0.25, 0.3) is 0 Å². The Balaban J connectivity index is 1.62. The minimum atomic E-state index is -2.48. The number of nitrogens with two attached hydrogens (primary N) is 2. The van der Waals surface area contributed by atoms with E-state index in [9.17, 15) is 40.9 Å². The van der Waals surface area contributed by atoms with E-state index in [2.05, 4.69) is 5.32 Å². The molecule has 0 aromatic heterocycles. The lowest BCUT2D eigenvalue weighted by atomic mass is 9.84. The van der Waals surface area contributed by atoms with Crippen LogP contribution in [0.4, 0.5) is 0 Å². The molecule has 0 aromatic rings. The fraction of sp³-hybridized carbons (Fsp3) is 1.00. The third-order valence-electron chi connectivity index (χ3n) is 7.42. The third kappa shape index (κ3) is 4.68. The van der Waals surface area contributed by atoms with E-state index in [-0.39, 0.29) is 6.42 Å². The molecule has 36 heavy (non-hydrogen) atoms. The highest BCUT2D eigenvalue weighted by molar-refractivity contribution is 5.05. The third-order valence-corrected chi connectivity index (χ3v) is 7.42. The molecule has 0 bridgehead atoms. The predicted molar refractivity (Wildman–Crippen MR) is 115 cm³/mol. The van der Waals surface area contributed by atoms with Gasteiger partial charge in [0, 0.05) is 12.1 Å². The van der Waals surface area contributed by atoms with E-state index in [1.165, 1.54) is 0 Å². The van der Waals surface area contributed by atoms with Gasteiger partial charge in [-0.25, -0.2) is 0 Å². The van der Waals surface area contributed by atoms with Crippen LogP contribution in [0.1, 0.15) is 6.42 Å². The lowest BCUT2D eigenvalue weighted by Gasteiger charge is -2.46. The quantitative estimate of drug-likeness (QED) is 0.153. The summed E-state index contributed by atoms with van der Waals surface area (Å²) in [6, 6.07) is -2.50. The van der Waals surface area contributed by atoms with Gasteiger partial charge in [-0.2, -0.15) is 0 Å². The number of hydrogen-bond acceptors (Lipinski definition) is 16. The van der Waals surface area contributed by atoms with Crippen molar-refractivity contribution < 1.29 is 64.5 Å². The molecule has 16 nitrogen and oxygen atoms in total. The van der Waals surface area contributed by atoms with Crippen LogP contribution in [0, 0.1) is 0 Å². The van der Waals surface area contributed by atoms with Gasteiger partial charge < -0.3 is 81.3 Å². The van der Waals surface area contributed by atoms with E-state index in [0.717, 1.165) is 0 Å². The summed E-state index contributed by atoms with van der Waals surface area (Å²) in [5.41, 5.74) is 11.8. The lowest BCUT2D eigenvalue weighted by Crippen LogP contribution is -2.69. The smallest absolute Gasteiger partial charge is 0.314 e. The van der Waals surface area contributed by atoms with E-state index in [4.69, 9.17) is 35.2 Å². The molecule has 4 fully saturated rings. The van der Waals surface area contributed by atoms with E-state index in [1.807, 2.05) is 0 Å². The second-order valence-electron chi connectivity index (χ2n) is 9.72. The fourth-order valence-electron chi connectivity index (χ4n) is 5.23. The number of ether oxygens (including phenoxy) is 5. The first-order valence-electron chi connectivity index (χ1n) is 11.8. The topological polar surface area (TPSA) is 272 Å². The highest BCUT2D eigenvalue weighted by Crippen LogP contribution is 2.45. The van der Waals surface area contributed by atoms with Gasteiger partial charge >= 0.3 is 5.97 Å². The van der Waals surface area contributed by atoms with Crippen molar-refractivity contribution in [2.45, 2.75) is 104 Å². The van der Waals surface area contributed by atoms with Crippen molar-refractivity contribution in [1.82, 2.24) is 5.32 Å². The number of nitrogens with one attached hydrogen (secondary N) is 1. The first-order valence-corrected chi connectivity index (χ1v) is 11.8. The van der Waals surface area contributed by atoms with Gasteiger partial charge in [0.05, 0.1) is 31.5 Å². The number of aliphatic hydroxyl groups is 8. The van der Waals surface area contributed by atoms with Crippen LogP contribution in [0.5, 0.6) is 0 Å². The van der Waals surface area contributed by atoms with Crippen molar-refractivity contribution in [1.29, 1.82) is 0 Å². The summed E-state index contributed by atoms with van der Waals surface area (Å²) >= 11 is 0. The van der Waals surface area contributed by atoms with Gasteiger partial charge in [-0.15, -0.1) is 0 Å². The molecule has 0 unspecified atom stereocenters. The van der Waals surface area contributed by atoms with Gasteiger partial charge in [-0.1, -0.05) is 0 Å². The Bertz CT molecular complexity index is 756. The Morgan fingerprint density at radius 2 is 1.61 bits per heavy atom. The molecular formula is C20H37N3O13. The van der Waals surface area contributed by atoms with Crippen LogP contribution < -0.4 is 16.8 Å². The summed E-state index contributed by atoms with van der Waals surface area (Å²) in [7, 11) is 1.60. The standard InChI is InChI=1S/C20H37N3O13/c1-23-7-2-5(21)9(26)15(10(7)27)33-19-17-16(11(28)8(4-25)32-19)35-20(36-17)18(31)13(30)12(29)14(34-20)6(22)3-24/h5-19,23-31H,2-4,21-22H2,1H3/t5-,6+,7+,8-,9+,10-,11+,12-,13-,14+,15-,16+,17-,18-,19+,20-/m1/s1. The molecular weight excluding hydrogens is 490 g/mol.